The van der Waals surface area contributed by atoms with Gasteiger partial charge in [0, 0.05) is 18.9 Å². The maximum absolute atomic E-state index is 11.7. The lowest BCUT2D eigenvalue weighted by atomic mass is 9.97. The molecule has 2 nitrogen and oxygen atoms in total. The second kappa shape index (κ2) is 4.75. The van der Waals surface area contributed by atoms with Gasteiger partial charge in [0.2, 0.25) is 0 Å². The summed E-state index contributed by atoms with van der Waals surface area (Å²) >= 11 is 0. The Morgan fingerprint density at radius 3 is 2.69 bits per heavy atom. The van der Waals surface area contributed by atoms with Gasteiger partial charge in [-0.25, -0.2) is 0 Å². The van der Waals surface area contributed by atoms with E-state index in [2.05, 4.69) is 11.8 Å². The van der Waals surface area contributed by atoms with Gasteiger partial charge in [-0.3, -0.25) is 4.79 Å². The number of hydrogen-bond donors (Lipinski definition) is 0. The van der Waals surface area contributed by atoms with Crippen LogP contribution in [0.4, 0.5) is 0 Å². The summed E-state index contributed by atoms with van der Waals surface area (Å²) < 4.78 is 0. The van der Waals surface area contributed by atoms with Crippen LogP contribution in [-0.2, 0) is 4.79 Å². The minimum atomic E-state index is 0.306. The summed E-state index contributed by atoms with van der Waals surface area (Å²) in [5.74, 6) is 1.40. The van der Waals surface area contributed by atoms with Crippen molar-refractivity contribution in [1.29, 1.82) is 0 Å². The van der Waals surface area contributed by atoms with Crippen LogP contribution in [0.5, 0.6) is 0 Å². The fraction of sp³-hybridized carbons (Fsp3) is 0.909. The Balaban J connectivity index is 2.48. The van der Waals surface area contributed by atoms with Gasteiger partial charge in [-0.05, 0) is 26.4 Å². The van der Waals surface area contributed by atoms with Crippen LogP contribution < -0.4 is 0 Å². The lowest BCUT2D eigenvalue weighted by Crippen LogP contribution is -2.27. The molecule has 0 aliphatic heterocycles. The van der Waals surface area contributed by atoms with E-state index in [1.54, 1.807) is 0 Å². The van der Waals surface area contributed by atoms with Crippen LogP contribution in [0.25, 0.3) is 0 Å². The van der Waals surface area contributed by atoms with E-state index in [0.717, 1.165) is 19.4 Å². The third kappa shape index (κ3) is 3.47. The van der Waals surface area contributed by atoms with E-state index in [0.29, 0.717) is 17.6 Å². The molecule has 76 valence electrons. The topological polar surface area (TPSA) is 20.3 Å². The molecule has 1 rings (SSSR count). The van der Waals surface area contributed by atoms with E-state index in [-0.39, 0.29) is 0 Å². The second-order valence-electron chi connectivity index (χ2n) is 4.67. The van der Waals surface area contributed by atoms with Crippen LogP contribution in [0.15, 0.2) is 0 Å². The fourth-order valence-electron chi connectivity index (χ4n) is 2.12. The number of carbonyl (C=O) groups excluding carboxylic acids is 1. The van der Waals surface area contributed by atoms with Gasteiger partial charge in [0.1, 0.15) is 5.78 Å². The normalized spacial score (nSPS) is 30.6. The quantitative estimate of drug-likeness (QED) is 0.610. The molecular weight excluding hydrogens is 162 g/mol. The van der Waals surface area contributed by atoms with Gasteiger partial charge in [0.05, 0.1) is 0 Å². The van der Waals surface area contributed by atoms with Crippen LogP contribution in [0.1, 0.15) is 32.6 Å². The van der Waals surface area contributed by atoms with Gasteiger partial charge in [-0.15, -0.1) is 0 Å². The molecule has 0 spiro atoms. The van der Waals surface area contributed by atoms with Crippen molar-refractivity contribution in [3.05, 3.63) is 0 Å². The van der Waals surface area contributed by atoms with Crippen LogP contribution in [0.3, 0.4) is 0 Å². The predicted molar refractivity (Wildman–Crippen MR) is 54.7 cm³/mol. The highest BCUT2D eigenvalue weighted by molar-refractivity contribution is 5.81. The number of nitrogens with zero attached hydrogens (tertiary/aromatic N) is 1. The van der Waals surface area contributed by atoms with Crippen molar-refractivity contribution < 1.29 is 4.79 Å². The zero-order valence-electron chi connectivity index (χ0n) is 9.05. The van der Waals surface area contributed by atoms with Crippen molar-refractivity contribution in [2.75, 3.05) is 20.6 Å². The first-order chi connectivity index (χ1) is 6.09. The van der Waals surface area contributed by atoms with E-state index in [1.165, 1.54) is 12.8 Å². The Morgan fingerprint density at radius 1 is 1.38 bits per heavy atom. The molecule has 0 aromatic carbocycles. The SMILES string of the molecule is CC1CCCC(CN(C)C)C(=O)C1. The van der Waals surface area contributed by atoms with Crippen molar-refractivity contribution >= 4 is 5.78 Å². The summed E-state index contributed by atoms with van der Waals surface area (Å²) in [7, 11) is 4.09. The predicted octanol–water partition coefficient (Wildman–Crippen LogP) is 1.94. The number of ketones is 1. The molecule has 0 aromatic heterocycles. The minimum absolute atomic E-state index is 0.306. The number of rotatable bonds is 2. The minimum Gasteiger partial charge on any atom is -0.309 e. The van der Waals surface area contributed by atoms with Gasteiger partial charge in [0.15, 0.2) is 0 Å². The molecule has 1 saturated carbocycles. The van der Waals surface area contributed by atoms with Gasteiger partial charge in [0.25, 0.3) is 0 Å². The first-order valence-corrected chi connectivity index (χ1v) is 5.27. The average molecular weight is 183 g/mol. The summed E-state index contributed by atoms with van der Waals surface area (Å²) in [5.41, 5.74) is 0. The largest absolute Gasteiger partial charge is 0.309 e. The smallest absolute Gasteiger partial charge is 0.137 e. The summed E-state index contributed by atoms with van der Waals surface area (Å²) in [6, 6.07) is 0. The van der Waals surface area contributed by atoms with Gasteiger partial charge in [-0.1, -0.05) is 19.8 Å². The molecule has 0 N–H and O–H groups in total. The van der Waals surface area contributed by atoms with E-state index in [9.17, 15) is 4.79 Å². The summed E-state index contributed by atoms with van der Waals surface area (Å²) in [6.07, 6.45) is 4.36. The lowest BCUT2D eigenvalue weighted by Gasteiger charge is -2.17. The fourth-order valence-corrected chi connectivity index (χ4v) is 2.12. The second-order valence-corrected chi connectivity index (χ2v) is 4.67. The molecule has 2 atom stereocenters. The summed E-state index contributed by atoms with van der Waals surface area (Å²) in [5, 5.41) is 0. The zero-order valence-corrected chi connectivity index (χ0v) is 9.05. The molecular formula is C11H21NO. The van der Waals surface area contributed by atoms with E-state index < -0.39 is 0 Å². The summed E-state index contributed by atoms with van der Waals surface area (Å²) in [6.45, 7) is 3.13. The molecule has 0 bridgehead atoms. The molecule has 0 amide bonds. The summed E-state index contributed by atoms with van der Waals surface area (Å²) in [4.78, 5) is 13.9. The highest BCUT2D eigenvalue weighted by atomic mass is 16.1. The first kappa shape index (κ1) is 10.7. The van der Waals surface area contributed by atoms with Crippen LogP contribution >= 0.6 is 0 Å². The molecule has 0 radical (unpaired) electrons. The van der Waals surface area contributed by atoms with Gasteiger partial charge in [-0.2, -0.15) is 0 Å². The van der Waals surface area contributed by atoms with Crippen molar-refractivity contribution in [2.45, 2.75) is 32.6 Å². The Morgan fingerprint density at radius 2 is 2.08 bits per heavy atom. The lowest BCUT2D eigenvalue weighted by molar-refractivity contribution is -0.123. The van der Waals surface area contributed by atoms with Crippen molar-refractivity contribution in [2.24, 2.45) is 11.8 Å². The van der Waals surface area contributed by atoms with Gasteiger partial charge >= 0.3 is 0 Å². The highest BCUT2D eigenvalue weighted by Gasteiger charge is 2.24. The molecule has 0 heterocycles. The maximum Gasteiger partial charge on any atom is 0.137 e. The molecule has 1 aliphatic rings. The van der Waals surface area contributed by atoms with Crippen LogP contribution in [-0.4, -0.2) is 31.3 Å². The third-order valence-corrected chi connectivity index (χ3v) is 2.84. The van der Waals surface area contributed by atoms with Crippen LogP contribution in [0, 0.1) is 11.8 Å². The monoisotopic (exact) mass is 183 g/mol. The Labute approximate surface area is 81.3 Å². The molecule has 0 saturated heterocycles. The van der Waals surface area contributed by atoms with E-state index in [4.69, 9.17) is 0 Å². The van der Waals surface area contributed by atoms with E-state index >= 15 is 0 Å². The highest BCUT2D eigenvalue weighted by Crippen LogP contribution is 2.24. The van der Waals surface area contributed by atoms with Crippen molar-refractivity contribution in [3.8, 4) is 0 Å². The van der Waals surface area contributed by atoms with Crippen molar-refractivity contribution in [3.63, 3.8) is 0 Å². The molecule has 2 unspecified atom stereocenters. The molecule has 13 heavy (non-hydrogen) atoms. The third-order valence-electron chi connectivity index (χ3n) is 2.84. The number of Topliss-reactive ketones (excluding diaryl/α,β-unsaturated/α-hetero) is 1. The van der Waals surface area contributed by atoms with Crippen molar-refractivity contribution in [1.82, 2.24) is 4.90 Å². The number of hydrogen-bond acceptors (Lipinski definition) is 2. The van der Waals surface area contributed by atoms with Gasteiger partial charge < -0.3 is 4.90 Å². The standard InChI is InChI=1S/C11H21NO/c1-9-5-4-6-10(8-12(2)3)11(13)7-9/h9-10H,4-8H2,1-3H3. The molecule has 1 fully saturated rings. The van der Waals surface area contributed by atoms with E-state index in [1.807, 2.05) is 14.1 Å². The molecule has 1 aliphatic carbocycles. The molecule has 2 heteroatoms. The average Bonchev–Trinajstić information content (AvgIpc) is 2.13. The Bertz CT molecular complexity index is 177. The number of carbonyl (C=O) groups is 1. The molecule has 0 aromatic rings. The Hall–Kier alpha value is -0.370. The van der Waals surface area contributed by atoms with Crippen LogP contribution in [0.2, 0.25) is 0 Å². The Kier molecular flexibility index (Phi) is 3.91. The zero-order chi connectivity index (χ0) is 9.84. The first-order valence-electron chi connectivity index (χ1n) is 5.27. The maximum atomic E-state index is 11.7.